The van der Waals surface area contributed by atoms with Crippen molar-refractivity contribution in [3.05, 3.63) is 46.8 Å². The Balaban J connectivity index is 2.07. The first-order valence-electron chi connectivity index (χ1n) is 8.08. The number of nitrogens with one attached hydrogen (secondary N) is 1. The van der Waals surface area contributed by atoms with Crippen molar-refractivity contribution in [1.82, 2.24) is 9.78 Å². The predicted molar refractivity (Wildman–Crippen MR) is 90.3 cm³/mol. The molecule has 0 fully saturated rings. The lowest BCUT2D eigenvalue weighted by Gasteiger charge is -2.10. The van der Waals surface area contributed by atoms with Gasteiger partial charge in [0.25, 0.3) is 0 Å². The smallest absolute Gasteiger partial charge is 0.326 e. The third-order valence-electron chi connectivity index (χ3n) is 3.90. The van der Waals surface area contributed by atoms with Crippen LogP contribution in [0.2, 0.25) is 0 Å². The molecule has 0 saturated carbocycles. The van der Waals surface area contributed by atoms with Gasteiger partial charge in [0, 0.05) is 23.5 Å². The van der Waals surface area contributed by atoms with Crippen molar-refractivity contribution in [2.45, 2.75) is 46.8 Å². The van der Waals surface area contributed by atoms with E-state index in [9.17, 15) is 18.0 Å². The molecule has 2 rings (SSSR count). The van der Waals surface area contributed by atoms with Crippen molar-refractivity contribution >= 4 is 11.6 Å². The van der Waals surface area contributed by atoms with Gasteiger partial charge in [0.15, 0.2) is 0 Å². The van der Waals surface area contributed by atoms with Crippen molar-refractivity contribution in [3.8, 4) is 0 Å². The van der Waals surface area contributed by atoms with Crippen molar-refractivity contribution < 1.29 is 18.0 Å². The summed E-state index contributed by atoms with van der Waals surface area (Å²) in [6, 6.07) is 4.41. The van der Waals surface area contributed by atoms with E-state index in [4.69, 9.17) is 0 Å². The molecule has 1 amide bonds. The number of carbonyl (C=O) groups is 1. The van der Waals surface area contributed by atoms with E-state index in [-0.39, 0.29) is 12.3 Å². The number of amides is 1. The van der Waals surface area contributed by atoms with Crippen molar-refractivity contribution in [2.75, 3.05) is 5.32 Å². The summed E-state index contributed by atoms with van der Waals surface area (Å²) in [5, 5.41) is 7.09. The Bertz CT molecular complexity index is 746. The fourth-order valence-corrected chi connectivity index (χ4v) is 2.62. The number of carbonyl (C=O) groups excluding carboxylic acids is 1. The number of aryl methyl sites for hydroxylation is 1. The lowest BCUT2D eigenvalue weighted by molar-refractivity contribution is -0.137. The molecule has 0 radical (unpaired) electrons. The van der Waals surface area contributed by atoms with Gasteiger partial charge in [0.1, 0.15) is 0 Å². The maximum absolute atomic E-state index is 12.6. The van der Waals surface area contributed by atoms with Crippen LogP contribution in [0, 0.1) is 19.8 Å². The van der Waals surface area contributed by atoms with Gasteiger partial charge in [-0.1, -0.05) is 13.8 Å². The second-order valence-electron chi connectivity index (χ2n) is 6.53. The summed E-state index contributed by atoms with van der Waals surface area (Å²) >= 11 is 0. The quantitative estimate of drug-likeness (QED) is 0.868. The average Bonchev–Trinajstić information content (AvgIpc) is 2.74. The van der Waals surface area contributed by atoms with Crippen LogP contribution in [0.3, 0.4) is 0 Å². The van der Waals surface area contributed by atoms with E-state index in [0.717, 1.165) is 35.6 Å². The summed E-state index contributed by atoms with van der Waals surface area (Å²) in [6.07, 6.45) is -4.25. The highest BCUT2D eigenvalue weighted by Crippen LogP contribution is 2.29. The molecule has 2 aromatic rings. The predicted octanol–water partition coefficient (Wildman–Crippen LogP) is 4.36. The molecule has 0 atom stereocenters. The fraction of sp³-hybridized carbons (Fsp3) is 0.444. The zero-order valence-corrected chi connectivity index (χ0v) is 14.7. The number of nitrogens with zero attached hydrogens (tertiary/aromatic N) is 2. The summed E-state index contributed by atoms with van der Waals surface area (Å²) < 4.78 is 39.6. The number of halogens is 3. The molecule has 0 aliphatic carbocycles. The van der Waals surface area contributed by atoms with Gasteiger partial charge in [-0.05, 0) is 44.0 Å². The van der Waals surface area contributed by atoms with Crippen LogP contribution in [0.4, 0.5) is 18.9 Å². The SMILES string of the molecule is Cc1nn(CC(C)C)c(C)c1CC(=O)Nc1ccc(C(F)(F)F)cc1. The second kappa shape index (κ2) is 7.29. The third kappa shape index (κ3) is 4.84. The highest BCUT2D eigenvalue weighted by Gasteiger charge is 2.30. The molecule has 0 unspecified atom stereocenters. The Labute approximate surface area is 145 Å². The van der Waals surface area contributed by atoms with E-state index in [2.05, 4.69) is 24.3 Å². The van der Waals surface area contributed by atoms with Gasteiger partial charge in [-0.3, -0.25) is 9.48 Å². The van der Waals surface area contributed by atoms with E-state index in [1.807, 2.05) is 18.5 Å². The van der Waals surface area contributed by atoms with E-state index >= 15 is 0 Å². The minimum Gasteiger partial charge on any atom is -0.326 e. The molecular weight excluding hydrogens is 331 g/mol. The molecule has 1 N–H and O–H groups in total. The topological polar surface area (TPSA) is 46.9 Å². The molecule has 136 valence electrons. The van der Waals surface area contributed by atoms with Crippen LogP contribution in [-0.4, -0.2) is 15.7 Å². The normalized spacial score (nSPS) is 11.8. The van der Waals surface area contributed by atoms with Crippen molar-refractivity contribution in [3.63, 3.8) is 0 Å². The lowest BCUT2D eigenvalue weighted by Crippen LogP contribution is -2.16. The number of alkyl halides is 3. The maximum Gasteiger partial charge on any atom is 0.416 e. The minimum absolute atomic E-state index is 0.136. The molecule has 1 aromatic carbocycles. The summed E-state index contributed by atoms with van der Waals surface area (Å²) in [5.74, 6) is 0.155. The first-order valence-corrected chi connectivity index (χ1v) is 8.08. The van der Waals surface area contributed by atoms with E-state index in [1.54, 1.807) is 0 Å². The maximum atomic E-state index is 12.6. The van der Waals surface area contributed by atoms with Crippen LogP contribution in [-0.2, 0) is 23.9 Å². The van der Waals surface area contributed by atoms with Crippen LogP contribution < -0.4 is 5.32 Å². The number of aromatic nitrogens is 2. The second-order valence-corrected chi connectivity index (χ2v) is 6.53. The van der Waals surface area contributed by atoms with Gasteiger partial charge in [0.05, 0.1) is 17.7 Å². The first kappa shape index (κ1) is 19.0. The zero-order chi connectivity index (χ0) is 18.8. The average molecular weight is 353 g/mol. The Morgan fingerprint density at radius 1 is 1.20 bits per heavy atom. The Morgan fingerprint density at radius 2 is 1.80 bits per heavy atom. The number of hydrogen-bond acceptors (Lipinski definition) is 2. The summed E-state index contributed by atoms with van der Waals surface area (Å²) in [6.45, 7) is 8.72. The molecule has 1 aromatic heterocycles. The summed E-state index contributed by atoms with van der Waals surface area (Å²) in [4.78, 5) is 12.2. The van der Waals surface area contributed by atoms with Gasteiger partial charge >= 0.3 is 6.18 Å². The van der Waals surface area contributed by atoms with Crippen LogP contribution in [0.15, 0.2) is 24.3 Å². The van der Waals surface area contributed by atoms with Crippen LogP contribution in [0.5, 0.6) is 0 Å². The van der Waals surface area contributed by atoms with Gasteiger partial charge in [-0.2, -0.15) is 18.3 Å². The van der Waals surface area contributed by atoms with Gasteiger partial charge in [-0.15, -0.1) is 0 Å². The highest BCUT2D eigenvalue weighted by atomic mass is 19.4. The molecule has 0 saturated heterocycles. The summed E-state index contributed by atoms with van der Waals surface area (Å²) in [7, 11) is 0. The Kier molecular flexibility index (Phi) is 5.55. The van der Waals surface area contributed by atoms with E-state index < -0.39 is 11.7 Å². The molecule has 1 heterocycles. The number of anilines is 1. The van der Waals surface area contributed by atoms with Gasteiger partial charge in [-0.25, -0.2) is 0 Å². The fourth-order valence-electron chi connectivity index (χ4n) is 2.62. The van der Waals surface area contributed by atoms with Gasteiger partial charge in [0.2, 0.25) is 5.91 Å². The zero-order valence-electron chi connectivity index (χ0n) is 14.7. The van der Waals surface area contributed by atoms with E-state index in [0.29, 0.717) is 11.6 Å². The first-order chi connectivity index (χ1) is 11.6. The molecule has 0 aliphatic heterocycles. The number of rotatable bonds is 5. The molecule has 7 heteroatoms. The van der Waals surface area contributed by atoms with Crippen LogP contribution in [0.1, 0.15) is 36.4 Å². The lowest BCUT2D eigenvalue weighted by atomic mass is 10.1. The number of benzene rings is 1. The van der Waals surface area contributed by atoms with Crippen molar-refractivity contribution in [1.29, 1.82) is 0 Å². The largest absolute Gasteiger partial charge is 0.416 e. The summed E-state index contributed by atoms with van der Waals surface area (Å²) in [5.41, 5.74) is 2.18. The highest BCUT2D eigenvalue weighted by molar-refractivity contribution is 5.92. The standard InChI is InChI=1S/C18H22F3N3O/c1-11(2)10-24-13(4)16(12(3)23-24)9-17(25)22-15-7-5-14(6-8-15)18(19,20)21/h5-8,11H,9-10H2,1-4H3,(H,22,25). The van der Waals surface area contributed by atoms with Gasteiger partial charge < -0.3 is 5.32 Å². The van der Waals surface area contributed by atoms with E-state index in [1.165, 1.54) is 12.1 Å². The Hall–Kier alpha value is -2.31. The molecule has 0 bridgehead atoms. The molecule has 0 aliphatic rings. The molecule has 4 nitrogen and oxygen atoms in total. The van der Waals surface area contributed by atoms with Crippen LogP contribution >= 0.6 is 0 Å². The molecular formula is C18H22F3N3O. The monoisotopic (exact) mass is 353 g/mol. The van der Waals surface area contributed by atoms with Crippen LogP contribution in [0.25, 0.3) is 0 Å². The number of hydrogen-bond donors (Lipinski definition) is 1. The minimum atomic E-state index is -4.39. The molecule has 25 heavy (non-hydrogen) atoms. The van der Waals surface area contributed by atoms with Crippen molar-refractivity contribution in [2.24, 2.45) is 5.92 Å². The Morgan fingerprint density at radius 3 is 2.32 bits per heavy atom. The third-order valence-corrected chi connectivity index (χ3v) is 3.90. The molecule has 0 spiro atoms.